The van der Waals surface area contributed by atoms with Crippen molar-refractivity contribution in [2.24, 2.45) is 0 Å². The first kappa shape index (κ1) is 17.8. The van der Waals surface area contributed by atoms with Crippen LogP contribution in [0.25, 0.3) is 0 Å². The van der Waals surface area contributed by atoms with Crippen LogP contribution in [-0.2, 0) is 17.8 Å². The van der Waals surface area contributed by atoms with E-state index in [1.54, 1.807) is 4.90 Å². The summed E-state index contributed by atoms with van der Waals surface area (Å²) in [6.45, 7) is 4.17. The zero-order valence-electron chi connectivity index (χ0n) is 15.2. The fourth-order valence-electron chi connectivity index (χ4n) is 4.06. The Balaban J connectivity index is 1.50. The average molecular weight is 343 g/mol. The predicted molar refractivity (Wildman–Crippen MR) is 98.2 cm³/mol. The van der Waals surface area contributed by atoms with Crippen molar-refractivity contribution in [2.45, 2.75) is 58.0 Å². The first-order valence-corrected chi connectivity index (χ1v) is 9.58. The predicted octanol–water partition coefficient (Wildman–Crippen LogP) is 2.94. The molecule has 1 aromatic rings. The van der Waals surface area contributed by atoms with Crippen molar-refractivity contribution in [1.29, 1.82) is 0 Å². The number of urea groups is 1. The molecule has 0 bridgehead atoms. The molecule has 1 aliphatic carbocycles. The van der Waals surface area contributed by atoms with Crippen molar-refractivity contribution in [2.75, 3.05) is 19.6 Å². The summed E-state index contributed by atoms with van der Waals surface area (Å²) >= 11 is 0. The lowest BCUT2D eigenvalue weighted by atomic mass is 9.94. The van der Waals surface area contributed by atoms with Crippen molar-refractivity contribution in [1.82, 2.24) is 15.1 Å². The van der Waals surface area contributed by atoms with Gasteiger partial charge in [0.1, 0.15) is 0 Å². The molecule has 0 unspecified atom stereocenters. The van der Waals surface area contributed by atoms with Gasteiger partial charge in [0, 0.05) is 25.7 Å². The van der Waals surface area contributed by atoms with Gasteiger partial charge >= 0.3 is 6.03 Å². The molecule has 0 saturated heterocycles. The molecule has 3 amide bonds. The van der Waals surface area contributed by atoms with Crippen LogP contribution in [0.5, 0.6) is 0 Å². The lowest BCUT2D eigenvalue weighted by Gasteiger charge is -2.34. The lowest BCUT2D eigenvalue weighted by Crippen LogP contribution is -2.49. The van der Waals surface area contributed by atoms with Gasteiger partial charge in [-0.3, -0.25) is 4.79 Å². The van der Waals surface area contributed by atoms with Crippen LogP contribution in [0.1, 0.15) is 50.2 Å². The van der Waals surface area contributed by atoms with Gasteiger partial charge in [0.2, 0.25) is 5.91 Å². The van der Waals surface area contributed by atoms with Gasteiger partial charge in [-0.25, -0.2) is 4.79 Å². The van der Waals surface area contributed by atoms with Gasteiger partial charge in [0.25, 0.3) is 0 Å². The summed E-state index contributed by atoms with van der Waals surface area (Å²) in [5.74, 6) is 0.0418. The Kier molecular flexibility index (Phi) is 5.95. The third kappa shape index (κ3) is 4.33. The highest BCUT2D eigenvalue weighted by molar-refractivity contribution is 5.84. The zero-order chi connectivity index (χ0) is 17.6. The summed E-state index contributed by atoms with van der Waals surface area (Å²) < 4.78 is 0. The Morgan fingerprint density at radius 2 is 1.88 bits per heavy atom. The summed E-state index contributed by atoms with van der Waals surface area (Å²) in [5.41, 5.74) is 2.52. The van der Waals surface area contributed by atoms with E-state index >= 15 is 0 Å². The van der Waals surface area contributed by atoms with Gasteiger partial charge in [-0.15, -0.1) is 0 Å². The molecule has 25 heavy (non-hydrogen) atoms. The molecule has 5 heteroatoms. The Labute approximate surface area is 150 Å². The fraction of sp³-hybridized carbons (Fsp3) is 0.600. The van der Waals surface area contributed by atoms with Crippen LogP contribution in [0.4, 0.5) is 4.79 Å². The Morgan fingerprint density at radius 3 is 2.60 bits per heavy atom. The minimum Gasteiger partial charge on any atom is -0.338 e. The second kappa shape index (κ2) is 8.37. The molecule has 1 fully saturated rings. The first-order chi connectivity index (χ1) is 12.2. The Morgan fingerprint density at radius 1 is 1.16 bits per heavy atom. The molecule has 1 aromatic carbocycles. The maximum absolute atomic E-state index is 12.6. The molecular formula is C20H29N3O2. The van der Waals surface area contributed by atoms with Gasteiger partial charge in [-0.2, -0.15) is 0 Å². The van der Waals surface area contributed by atoms with Crippen LogP contribution in [0.2, 0.25) is 0 Å². The highest BCUT2D eigenvalue weighted by Gasteiger charge is 2.25. The van der Waals surface area contributed by atoms with Gasteiger partial charge in [-0.05, 0) is 37.3 Å². The van der Waals surface area contributed by atoms with E-state index in [0.717, 1.165) is 25.8 Å². The topological polar surface area (TPSA) is 52.7 Å². The van der Waals surface area contributed by atoms with Gasteiger partial charge in [-0.1, -0.05) is 43.5 Å². The monoisotopic (exact) mass is 343 g/mol. The van der Waals surface area contributed by atoms with Gasteiger partial charge < -0.3 is 15.1 Å². The number of amides is 3. The summed E-state index contributed by atoms with van der Waals surface area (Å²) in [5, 5.41) is 2.83. The molecule has 136 valence electrons. The number of carbonyl (C=O) groups excluding carboxylic acids is 2. The zero-order valence-corrected chi connectivity index (χ0v) is 15.2. The van der Waals surface area contributed by atoms with Crippen LogP contribution >= 0.6 is 0 Å². The van der Waals surface area contributed by atoms with Crippen LogP contribution in [0.3, 0.4) is 0 Å². The van der Waals surface area contributed by atoms with E-state index in [2.05, 4.69) is 17.4 Å². The van der Waals surface area contributed by atoms with Crippen molar-refractivity contribution in [3.8, 4) is 0 Å². The largest absolute Gasteiger partial charge is 0.338 e. The Hall–Kier alpha value is -2.04. The van der Waals surface area contributed by atoms with E-state index in [4.69, 9.17) is 0 Å². The summed E-state index contributed by atoms with van der Waals surface area (Å²) in [7, 11) is 0. The number of fused-ring (bicyclic) bond motifs is 1. The SMILES string of the molecule is CCN(C(=O)CNC(=O)N1CCc2ccccc2C1)C1CCCCC1. The third-order valence-corrected chi connectivity index (χ3v) is 5.49. The molecule has 5 nitrogen and oxygen atoms in total. The molecule has 0 radical (unpaired) electrons. The van der Waals surface area contributed by atoms with E-state index in [9.17, 15) is 9.59 Å². The van der Waals surface area contributed by atoms with Crippen LogP contribution < -0.4 is 5.32 Å². The number of carbonyl (C=O) groups is 2. The minimum atomic E-state index is -0.137. The second-order valence-electron chi connectivity index (χ2n) is 7.07. The Bertz CT molecular complexity index is 611. The van der Waals surface area contributed by atoms with E-state index in [0.29, 0.717) is 19.1 Å². The molecule has 0 spiro atoms. The van der Waals surface area contributed by atoms with Crippen LogP contribution in [-0.4, -0.2) is 47.4 Å². The van der Waals surface area contributed by atoms with Crippen molar-refractivity contribution < 1.29 is 9.59 Å². The number of nitrogens with zero attached hydrogens (tertiary/aromatic N) is 2. The van der Waals surface area contributed by atoms with Gasteiger partial charge in [0.15, 0.2) is 0 Å². The number of rotatable bonds is 4. The molecule has 1 saturated carbocycles. The standard InChI is InChI=1S/C20H29N3O2/c1-2-23(18-10-4-3-5-11-18)19(24)14-21-20(25)22-13-12-16-8-6-7-9-17(16)15-22/h6-9,18H,2-5,10-15H2,1H3,(H,21,25). The van der Waals surface area contributed by atoms with Crippen molar-refractivity contribution in [3.63, 3.8) is 0 Å². The van der Waals surface area contributed by atoms with E-state index in [-0.39, 0.29) is 18.5 Å². The summed E-state index contributed by atoms with van der Waals surface area (Å²) in [6, 6.07) is 8.46. The molecule has 0 aromatic heterocycles. The fourth-order valence-corrected chi connectivity index (χ4v) is 4.06. The molecule has 0 atom stereocenters. The number of hydrogen-bond acceptors (Lipinski definition) is 2. The van der Waals surface area contributed by atoms with Crippen LogP contribution in [0.15, 0.2) is 24.3 Å². The first-order valence-electron chi connectivity index (χ1n) is 9.58. The lowest BCUT2D eigenvalue weighted by molar-refractivity contribution is -0.132. The molecule has 1 N–H and O–H groups in total. The van der Waals surface area contributed by atoms with Crippen molar-refractivity contribution in [3.05, 3.63) is 35.4 Å². The second-order valence-corrected chi connectivity index (χ2v) is 7.07. The van der Waals surface area contributed by atoms with Gasteiger partial charge in [0.05, 0.1) is 6.54 Å². The van der Waals surface area contributed by atoms with Crippen molar-refractivity contribution >= 4 is 11.9 Å². The average Bonchev–Trinajstić information content (AvgIpc) is 2.67. The van der Waals surface area contributed by atoms with E-state index < -0.39 is 0 Å². The smallest absolute Gasteiger partial charge is 0.318 e. The molecular weight excluding hydrogens is 314 g/mol. The maximum atomic E-state index is 12.6. The normalized spacial score (nSPS) is 17.7. The number of likely N-dealkylation sites (N-methyl/N-ethyl adjacent to an activating group) is 1. The number of hydrogen-bond donors (Lipinski definition) is 1. The highest BCUT2D eigenvalue weighted by Crippen LogP contribution is 2.22. The minimum absolute atomic E-state index is 0.0418. The third-order valence-electron chi connectivity index (χ3n) is 5.49. The summed E-state index contributed by atoms with van der Waals surface area (Å²) in [6.07, 6.45) is 6.74. The quantitative estimate of drug-likeness (QED) is 0.914. The molecule has 2 aliphatic rings. The number of nitrogens with one attached hydrogen (secondary N) is 1. The summed E-state index contributed by atoms with van der Waals surface area (Å²) in [4.78, 5) is 28.7. The molecule has 3 rings (SSSR count). The maximum Gasteiger partial charge on any atom is 0.318 e. The highest BCUT2D eigenvalue weighted by atomic mass is 16.2. The van der Waals surface area contributed by atoms with E-state index in [1.165, 1.54) is 30.4 Å². The number of benzene rings is 1. The molecule has 1 heterocycles. The molecule has 1 aliphatic heterocycles. The van der Waals surface area contributed by atoms with E-state index in [1.807, 2.05) is 24.0 Å². The van der Waals surface area contributed by atoms with Crippen LogP contribution in [0, 0.1) is 0 Å².